The van der Waals surface area contributed by atoms with Gasteiger partial charge in [-0.25, -0.2) is 0 Å². The van der Waals surface area contributed by atoms with Crippen LogP contribution in [-0.4, -0.2) is 6.71 Å². The van der Waals surface area contributed by atoms with Crippen LogP contribution in [0.1, 0.15) is 141 Å². The Morgan fingerprint density at radius 1 is 0.371 bits per heavy atom. The predicted octanol–water partition coefficient (Wildman–Crippen LogP) is 14.4. The molecule has 0 radical (unpaired) electrons. The van der Waals surface area contributed by atoms with Crippen LogP contribution in [0.2, 0.25) is 0 Å². The Morgan fingerprint density at radius 2 is 0.710 bits per heavy atom. The van der Waals surface area contributed by atoms with Crippen LogP contribution in [0.25, 0.3) is 0 Å². The van der Waals surface area contributed by atoms with Crippen LogP contribution >= 0.6 is 0 Å². The molecule has 0 aromatic heterocycles. The molecule has 0 aliphatic carbocycles. The van der Waals surface area contributed by atoms with Crippen LogP contribution in [-0.2, 0) is 21.7 Å². The van der Waals surface area contributed by atoms with Crippen molar-refractivity contribution >= 4 is 74.3 Å². The van der Waals surface area contributed by atoms with E-state index in [4.69, 9.17) is 8.22 Å². The second-order valence-corrected chi connectivity index (χ2v) is 19.6. The fraction of sp³-hybridized carbons (Fsp3) is 0.276. The molecular formula is C58H62BN3. The maximum absolute atomic E-state index is 10.9. The second kappa shape index (κ2) is 14.8. The smallest absolute Gasteiger partial charge is 0.252 e. The maximum Gasteiger partial charge on any atom is 0.252 e. The molecular weight excluding hydrogens is 749 g/mol. The lowest BCUT2D eigenvalue weighted by atomic mass is 9.33. The molecule has 0 saturated heterocycles. The topological polar surface area (TPSA) is 9.72 Å². The van der Waals surface area contributed by atoms with E-state index in [0.717, 1.165) is 9.80 Å². The van der Waals surface area contributed by atoms with Crippen molar-refractivity contribution in [3.8, 4) is 0 Å². The van der Waals surface area contributed by atoms with Crippen molar-refractivity contribution in [3.05, 3.63) is 179 Å². The highest BCUT2D eigenvalue weighted by atomic mass is 15.2. The van der Waals surface area contributed by atoms with Crippen molar-refractivity contribution in [2.24, 2.45) is 0 Å². The van der Waals surface area contributed by atoms with E-state index in [1.54, 1.807) is 83.1 Å². The van der Waals surface area contributed by atoms with E-state index in [1.165, 1.54) is 0 Å². The molecule has 2 aliphatic rings. The first-order chi connectivity index (χ1) is 40.2. The average molecular weight is 838 g/mol. The molecule has 0 amide bonds. The van der Waals surface area contributed by atoms with Gasteiger partial charge >= 0.3 is 0 Å². The zero-order valence-corrected chi connectivity index (χ0v) is 36.9. The summed E-state index contributed by atoms with van der Waals surface area (Å²) in [6, 6.07) is -22.6. The Kier molecular flexibility index (Phi) is 5.00. The van der Waals surface area contributed by atoms with Crippen LogP contribution in [0.4, 0.5) is 51.2 Å². The summed E-state index contributed by atoms with van der Waals surface area (Å²) in [6.45, 7) is 17.9. The highest BCUT2D eigenvalue weighted by molar-refractivity contribution is 7.00. The summed E-state index contributed by atoms with van der Waals surface area (Å²) in [5, 5.41) is 0. The maximum atomic E-state index is 10.9. The van der Waals surface area contributed by atoms with Gasteiger partial charge < -0.3 is 14.7 Å². The number of hydrogen-bond donors (Lipinski definition) is 0. The van der Waals surface area contributed by atoms with E-state index in [2.05, 4.69) is 0 Å². The van der Waals surface area contributed by atoms with Crippen molar-refractivity contribution in [2.45, 2.75) is 105 Å². The van der Waals surface area contributed by atoms with E-state index < -0.39 is 242 Å². The lowest BCUT2D eigenvalue weighted by Crippen LogP contribution is -2.61. The summed E-state index contributed by atoms with van der Waals surface area (Å²) in [5.74, 6) is 0. The molecule has 4 heteroatoms. The Morgan fingerprint density at radius 3 is 1.05 bits per heavy atom. The van der Waals surface area contributed by atoms with Gasteiger partial charge in [-0.15, -0.1) is 0 Å². The van der Waals surface area contributed by atoms with E-state index in [0.29, 0.717) is 4.90 Å². The minimum Gasteiger partial charge on any atom is -0.311 e. The summed E-state index contributed by atoms with van der Waals surface area (Å²) in [6.07, 6.45) is 0. The Balaban J connectivity index is 1.75. The zero-order chi connectivity index (χ0) is 66.6. The molecule has 9 rings (SSSR count). The summed E-state index contributed by atoms with van der Waals surface area (Å²) in [7, 11) is 0. The number of nitrogens with zero attached hydrogens (tertiary/aromatic N) is 3. The van der Waals surface area contributed by atoms with Crippen molar-refractivity contribution in [1.82, 2.24) is 0 Å². The molecule has 0 fully saturated rings. The predicted molar refractivity (Wildman–Crippen MR) is 270 cm³/mol. The molecule has 312 valence electrons. The first kappa shape index (κ1) is 20.9. The average Bonchev–Trinajstić information content (AvgIpc) is 0.667. The standard InChI is InChI=1S/C58H62BN3/c1-55(2,3)39-23-29-45(30-24-39)61-50-33-27-41(57(7,8)9)35-48(50)59-49-36-42(58(10,11)12)28-34-51(49)62(46-31-25-40(26-32-46)56(4,5)6)53-38-47(37-52(61)54(53)59)60(43-19-15-13-16-20-43)44-21-17-14-18-22-44/h13-38H,1-12H3/i13D,14D,15D,16D,17D,18D,19D,20D,21D,22D,23D,24D,25D,26D,27D,28D,29D,30D,31D,32D,33D,34D,35D,36D,37D,38D. The molecule has 0 unspecified atom stereocenters. The molecule has 3 nitrogen and oxygen atoms in total. The monoisotopic (exact) mass is 838 g/mol. The molecule has 0 bridgehead atoms. The third-order valence-electron chi connectivity index (χ3n) is 10.7. The molecule has 2 aliphatic heterocycles. The van der Waals surface area contributed by atoms with Gasteiger partial charge in [0.2, 0.25) is 0 Å². The van der Waals surface area contributed by atoms with Crippen LogP contribution < -0.4 is 31.1 Å². The van der Waals surface area contributed by atoms with Crippen LogP contribution in [0.5, 0.6) is 0 Å². The fourth-order valence-corrected chi connectivity index (χ4v) is 7.32. The molecule has 0 atom stereocenters. The van der Waals surface area contributed by atoms with Crippen LogP contribution in [0.15, 0.2) is 157 Å². The quantitative estimate of drug-likeness (QED) is 0.160. The van der Waals surface area contributed by atoms with E-state index in [1.807, 2.05) is 0 Å². The lowest BCUT2D eigenvalue weighted by molar-refractivity contribution is 0.590. The normalized spacial score (nSPS) is 19.6. The summed E-state index contributed by atoms with van der Waals surface area (Å²) >= 11 is 0. The number of rotatable bonds is 5. The summed E-state index contributed by atoms with van der Waals surface area (Å²) in [5.41, 5.74) is -13.4. The molecule has 2 heterocycles. The third-order valence-corrected chi connectivity index (χ3v) is 10.7. The minimum absolute atomic E-state index is 0.0849. The van der Waals surface area contributed by atoms with Gasteiger partial charge in [0.05, 0.1) is 41.3 Å². The number of para-hydroxylation sites is 2. The van der Waals surface area contributed by atoms with Gasteiger partial charge in [0.25, 0.3) is 6.71 Å². The van der Waals surface area contributed by atoms with E-state index in [-0.39, 0.29) is 33.2 Å². The first-order valence-corrected chi connectivity index (χ1v) is 20.4. The van der Waals surface area contributed by atoms with Gasteiger partial charge in [0.1, 0.15) is 0 Å². The van der Waals surface area contributed by atoms with E-state index >= 15 is 0 Å². The van der Waals surface area contributed by atoms with Gasteiger partial charge in [-0.05, 0) is 133 Å². The zero-order valence-electron chi connectivity index (χ0n) is 62.9. The third kappa shape index (κ3) is 7.32. The van der Waals surface area contributed by atoms with Gasteiger partial charge in [-0.1, -0.05) is 168 Å². The van der Waals surface area contributed by atoms with Crippen LogP contribution in [0.3, 0.4) is 0 Å². The summed E-state index contributed by atoms with van der Waals surface area (Å²) < 4.78 is 252. The molecule has 62 heavy (non-hydrogen) atoms. The molecule has 0 spiro atoms. The SMILES string of the molecule is [2H]c1c([2H])c([2H])c(N(c2c([2H])c([2H])c([2H])c([2H])c2[2H])c2c([2H])c3c4c(c2[2H])N(c2c([2H])c([2H])c(C(C)(C)C)c([2H])c2[2H])c2c([2H])c([2H])c(C(C)(C)C)c([2H])c2B4c2c([2H])c(C(C)(C)C)c([2H])c([2H])c2N3c2c([2H])c([2H])c(C(C)(C)C)c([2H])c2[2H])c([2H])c1[2H]. The highest BCUT2D eigenvalue weighted by Crippen LogP contribution is 2.49. The largest absolute Gasteiger partial charge is 0.311 e. The van der Waals surface area contributed by atoms with Gasteiger partial charge in [0, 0.05) is 45.5 Å². The Bertz CT molecular complexity index is 3920. The highest BCUT2D eigenvalue weighted by Gasteiger charge is 2.45. The Labute approximate surface area is 408 Å². The number of anilines is 9. The molecule has 0 saturated carbocycles. The van der Waals surface area contributed by atoms with E-state index in [9.17, 15) is 27.4 Å². The summed E-state index contributed by atoms with van der Waals surface area (Å²) in [4.78, 5) is 2.25. The lowest BCUT2D eigenvalue weighted by Gasteiger charge is -2.45. The number of hydrogen-bond acceptors (Lipinski definition) is 3. The fourth-order valence-electron chi connectivity index (χ4n) is 7.32. The van der Waals surface area contributed by atoms with Gasteiger partial charge in [-0.3, -0.25) is 0 Å². The Hall–Kier alpha value is -6.00. The second-order valence-electron chi connectivity index (χ2n) is 19.6. The molecule has 7 aromatic carbocycles. The first-order valence-electron chi connectivity index (χ1n) is 33.4. The number of fused-ring (bicyclic) bond motifs is 4. The van der Waals surface area contributed by atoms with Crippen molar-refractivity contribution in [2.75, 3.05) is 14.7 Å². The van der Waals surface area contributed by atoms with Crippen molar-refractivity contribution in [3.63, 3.8) is 0 Å². The van der Waals surface area contributed by atoms with Gasteiger partial charge in [-0.2, -0.15) is 0 Å². The number of benzene rings is 7. The van der Waals surface area contributed by atoms with Crippen LogP contribution in [0, 0.1) is 0 Å². The minimum atomic E-state index is -1.87. The van der Waals surface area contributed by atoms with Crippen molar-refractivity contribution < 1.29 is 35.6 Å². The van der Waals surface area contributed by atoms with Gasteiger partial charge in [0.15, 0.2) is 0 Å². The molecule has 7 aromatic rings. The van der Waals surface area contributed by atoms with Crippen molar-refractivity contribution in [1.29, 1.82) is 0 Å². The molecule has 0 N–H and O–H groups in total.